The van der Waals surface area contributed by atoms with Crippen LogP contribution in [0.1, 0.15) is 32.1 Å². The molecule has 1 aromatic carbocycles. The predicted octanol–water partition coefficient (Wildman–Crippen LogP) is 3.23. The Kier molecular flexibility index (Phi) is 3.49. The Labute approximate surface area is 113 Å². The van der Waals surface area contributed by atoms with Crippen molar-refractivity contribution >= 4 is 5.69 Å². The second-order valence-electron chi connectivity index (χ2n) is 5.33. The summed E-state index contributed by atoms with van der Waals surface area (Å²) in [6.07, 6.45) is 8.39. The number of hydrogen-bond acceptors (Lipinski definition) is 3. The number of nitrogens with one attached hydrogen (secondary N) is 1. The first-order valence-corrected chi connectivity index (χ1v) is 7.04. The van der Waals surface area contributed by atoms with Gasteiger partial charge in [0.15, 0.2) is 5.82 Å². The molecule has 1 N–H and O–H groups in total. The van der Waals surface area contributed by atoms with Gasteiger partial charge < -0.3 is 9.88 Å². The van der Waals surface area contributed by atoms with Gasteiger partial charge in [-0.15, -0.1) is 10.2 Å². The van der Waals surface area contributed by atoms with Gasteiger partial charge in [0, 0.05) is 24.3 Å². The summed E-state index contributed by atoms with van der Waals surface area (Å²) in [4.78, 5) is 0. The van der Waals surface area contributed by atoms with Crippen LogP contribution in [-0.2, 0) is 7.05 Å². The molecule has 3 rings (SSSR count). The van der Waals surface area contributed by atoms with Crippen molar-refractivity contribution in [3.8, 4) is 11.4 Å². The Morgan fingerprint density at radius 3 is 2.79 bits per heavy atom. The minimum absolute atomic E-state index is 0.628. The third kappa shape index (κ3) is 2.78. The van der Waals surface area contributed by atoms with Crippen LogP contribution in [0, 0.1) is 0 Å². The molecule has 4 heteroatoms. The molecule has 0 saturated heterocycles. The van der Waals surface area contributed by atoms with Gasteiger partial charge in [-0.05, 0) is 25.0 Å². The van der Waals surface area contributed by atoms with Crippen LogP contribution in [0.25, 0.3) is 11.4 Å². The molecule has 1 aromatic heterocycles. The Hall–Kier alpha value is -1.84. The smallest absolute Gasteiger partial charge is 0.163 e. The molecular formula is C15H20N4. The predicted molar refractivity (Wildman–Crippen MR) is 76.9 cm³/mol. The van der Waals surface area contributed by atoms with Crippen molar-refractivity contribution in [1.29, 1.82) is 0 Å². The molecule has 0 atom stereocenters. The first-order valence-electron chi connectivity index (χ1n) is 7.04. The van der Waals surface area contributed by atoms with Crippen molar-refractivity contribution in [3.05, 3.63) is 30.6 Å². The Morgan fingerprint density at radius 1 is 1.21 bits per heavy atom. The molecule has 0 unspecified atom stereocenters. The summed E-state index contributed by atoms with van der Waals surface area (Å²) in [6, 6.07) is 9.08. The zero-order chi connectivity index (χ0) is 13.1. The SMILES string of the molecule is Cn1cnnc1-c1cccc(NC2CCCCC2)c1. The van der Waals surface area contributed by atoms with Crippen molar-refractivity contribution in [2.45, 2.75) is 38.1 Å². The molecule has 0 bridgehead atoms. The molecule has 4 nitrogen and oxygen atoms in total. The second kappa shape index (κ2) is 5.43. The first-order chi connectivity index (χ1) is 9.33. The number of aromatic nitrogens is 3. The fourth-order valence-corrected chi connectivity index (χ4v) is 2.78. The molecule has 0 amide bonds. The molecule has 1 aliphatic rings. The molecule has 19 heavy (non-hydrogen) atoms. The lowest BCUT2D eigenvalue weighted by atomic mass is 9.95. The normalized spacial score (nSPS) is 16.5. The fraction of sp³-hybridized carbons (Fsp3) is 0.467. The van der Waals surface area contributed by atoms with Gasteiger partial charge in [0.05, 0.1) is 0 Å². The monoisotopic (exact) mass is 256 g/mol. The maximum absolute atomic E-state index is 4.16. The van der Waals surface area contributed by atoms with E-state index in [2.05, 4.69) is 39.8 Å². The number of aryl methyl sites for hydroxylation is 1. The van der Waals surface area contributed by atoms with Crippen molar-refractivity contribution < 1.29 is 0 Å². The van der Waals surface area contributed by atoms with Crippen LogP contribution in [0.5, 0.6) is 0 Å². The average Bonchev–Trinajstić information content (AvgIpc) is 2.86. The Balaban J connectivity index is 1.78. The fourth-order valence-electron chi connectivity index (χ4n) is 2.78. The zero-order valence-electron chi connectivity index (χ0n) is 11.3. The minimum atomic E-state index is 0.628. The Morgan fingerprint density at radius 2 is 2.05 bits per heavy atom. The summed E-state index contributed by atoms with van der Waals surface area (Å²) >= 11 is 0. The quantitative estimate of drug-likeness (QED) is 0.916. The van der Waals surface area contributed by atoms with Gasteiger partial charge in [-0.1, -0.05) is 31.4 Å². The van der Waals surface area contributed by atoms with Crippen LogP contribution in [0.3, 0.4) is 0 Å². The van der Waals surface area contributed by atoms with Crippen molar-refractivity contribution in [3.63, 3.8) is 0 Å². The van der Waals surface area contributed by atoms with Crippen LogP contribution in [0.4, 0.5) is 5.69 Å². The van der Waals surface area contributed by atoms with Gasteiger partial charge in [-0.2, -0.15) is 0 Å². The lowest BCUT2D eigenvalue weighted by Gasteiger charge is -2.24. The van der Waals surface area contributed by atoms with Gasteiger partial charge >= 0.3 is 0 Å². The third-order valence-corrected chi connectivity index (χ3v) is 3.81. The highest BCUT2D eigenvalue weighted by Gasteiger charge is 2.13. The number of hydrogen-bond donors (Lipinski definition) is 1. The standard InChI is InChI=1S/C15H20N4/c1-19-11-16-18-15(19)12-6-5-9-14(10-12)17-13-7-3-2-4-8-13/h5-6,9-11,13,17H,2-4,7-8H2,1H3. The van der Waals surface area contributed by atoms with E-state index in [1.807, 2.05) is 11.6 Å². The summed E-state index contributed by atoms with van der Waals surface area (Å²) in [5.41, 5.74) is 2.30. The molecule has 1 aliphatic carbocycles. The number of rotatable bonds is 3. The van der Waals surface area contributed by atoms with E-state index in [-0.39, 0.29) is 0 Å². The maximum Gasteiger partial charge on any atom is 0.163 e. The van der Waals surface area contributed by atoms with E-state index in [4.69, 9.17) is 0 Å². The lowest BCUT2D eigenvalue weighted by molar-refractivity contribution is 0.463. The number of anilines is 1. The zero-order valence-corrected chi connectivity index (χ0v) is 11.3. The van der Waals surface area contributed by atoms with Gasteiger partial charge in [-0.3, -0.25) is 0 Å². The summed E-state index contributed by atoms with van der Waals surface area (Å²) in [6.45, 7) is 0. The van der Waals surface area contributed by atoms with Crippen LogP contribution in [-0.4, -0.2) is 20.8 Å². The van der Waals surface area contributed by atoms with Crippen LogP contribution >= 0.6 is 0 Å². The topological polar surface area (TPSA) is 42.7 Å². The van der Waals surface area contributed by atoms with Crippen molar-refractivity contribution in [2.24, 2.45) is 7.05 Å². The van der Waals surface area contributed by atoms with Gasteiger partial charge in [0.2, 0.25) is 0 Å². The lowest BCUT2D eigenvalue weighted by Crippen LogP contribution is -2.22. The van der Waals surface area contributed by atoms with Crippen LogP contribution < -0.4 is 5.32 Å². The van der Waals surface area contributed by atoms with Gasteiger partial charge in [0.1, 0.15) is 6.33 Å². The van der Waals surface area contributed by atoms with Crippen molar-refractivity contribution in [2.75, 3.05) is 5.32 Å². The molecule has 1 fully saturated rings. The van der Waals surface area contributed by atoms with E-state index >= 15 is 0 Å². The summed E-state index contributed by atoms with van der Waals surface area (Å²) in [5.74, 6) is 0.910. The molecule has 1 saturated carbocycles. The molecule has 0 radical (unpaired) electrons. The molecule has 1 heterocycles. The average molecular weight is 256 g/mol. The largest absolute Gasteiger partial charge is 0.382 e. The third-order valence-electron chi connectivity index (χ3n) is 3.81. The molecule has 0 spiro atoms. The molecule has 2 aromatic rings. The summed E-state index contributed by atoms with van der Waals surface area (Å²) < 4.78 is 1.94. The molecule has 100 valence electrons. The van der Waals surface area contributed by atoms with Gasteiger partial charge in [0.25, 0.3) is 0 Å². The molecular weight excluding hydrogens is 236 g/mol. The van der Waals surface area contributed by atoms with Crippen molar-refractivity contribution in [1.82, 2.24) is 14.8 Å². The summed E-state index contributed by atoms with van der Waals surface area (Å²) in [5, 5.41) is 11.7. The van der Waals surface area contributed by atoms with Crippen LogP contribution in [0.15, 0.2) is 30.6 Å². The van der Waals surface area contributed by atoms with E-state index in [0.717, 1.165) is 11.4 Å². The van der Waals surface area contributed by atoms with Gasteiger partial charge in [-0.25, -0.2) is 0 Å². The molecule has 0 aliphatic heterocycles. The van der Waals surface area contributed by atoms with E-state index in [1.54, 1.807) is 6.33 Å². The summed E-state index contributed by atoms with van der Waals surface area (Å²) in [7, 11) is 1.97. The number of nitrogens with zero attached hydrogens (tertiary/aromatic N) is 3. The van der Waals surface area contributed by atoms with E-state index in [1.165, 1.54) is 37.8 Å². The van der Waals surface area contributed by atoms with E-state index in [0.29, 0.717) is 6.04 Å². The highest BCUT2D eigenvalue weighted by Crippen LogP contribution is 2.24. The Bertz CT molecular complexity index is 541. The number of benzene rings is 1. The first kappa shape index (κ1) is 12.2. The highest BCUT2D eigenvalue weighted by molar-refractivity contribution is 5.62. The minimum Gasteiger partial charge on any atom is -0.382 e. The highest BCUT2D eigenvalue weighted by atomic mass is 15.2. The maximum atomic E-state index is 4.16. The van der Waals surface area contributed by atoms with Crippen LogP contribution in [0.2, 0.25) is 0 Å². The second-order valence-corrected chi connectivity index (χ2v) is 5.33. The van der Waals surface area contributed by atoms with E-state index < -0.39 is 0 Å². The van der Waals surface area contributed by atoms with E-state index in [9.17, 15) is 0 Å².